The summed E-state index contributed by atoms with van der Waals surface area (Å²) in [5.74, 6) is 0.916. The second kappa shape index (κ2) is 5.52. The van der Waals surface area contributed by atoms with Crippen LogP contribution in [0.4, 0.5) is 0 Å². The highest BCUT2D eigenvalue weighted by Crippen LogP contribution is 2.26. The van der Waals surface area contributed by atoms with E-state index in [1.165, 1.54) is 16.7 Å². The first-order valence-electron chi connectivity index (χ1n) is 7.22. The van der Waals surface area contributed by atoms with Crippen LogP contribution in [-0.2, 0) is 0 Å². The first-order valence-corrected chi connectivity index (χ1v) is 7.22. The zero-order chi connectivity index (χ0) is 14.8. The second-order valence-corrected chi connectivity index (χ2v) is 5.57. The van der Waals surface area contributed by atoms with Crippen molar-refractivity contribution in [3.8, 4) is 22.5 Å². The highest BCUT2D eigenvalue weighted by Gasteiger charge is 2.10. The van der Waals surface area contributed by atoms with Gasteiger partial charge in [0.2, 0.25) is 0 Å². The van der Waals surface area contributed by atoms with Crippen molar-refractivity contribution in [3.05, 3.63) is 60.4 Å². The minimum atomic E-state index is 0.297. The molecule has 106 valence electrons. The minimum absolute atomic E-state index is 0.297. The number of nitrogens with zero attached hydrogens (tertiary/aromatic N) is 3. The maximum Gasteiger partial charge on any atom is 0.158 e. The van der Waals surface area contributed by atoms with Crippen LogP contribution in [0, 0.1) is 6.92 Å². The molecule has 3 nitrogen and oxygen atoms in total. The van der Waals surface area contributed by atoms with E-state index >= 15 is 0 Å². The van der Waals surface area contributed by atoms with Crippen molar-refractivity contribution >= 4 is 0 Å². The Bertz CT molecular complexity index is 739. The Kier molecular flexibility index (Phi) is 3.57. The Morgan fingerprint density at radius 2 is 1.62 bits per heavy atom. The molecule has 2 aromatic carbocycles. The van der Waals surface area contributed by atoms with E-state index in [9.17, 15) is 0 Å². The number of rotatable bonds is 3. The summed E-state index contributed by atoms with van der Waals surface area (Å²) in [4.78, 5) is 4.41. The smallest absolute Gasteiger partial charge is 0.158 e. The van der Waals surface area contributed by atoms with Crippen LogP contribution in [0.2, 0.25) is 0 Å². The van der Waals surface area contributed by atoms with Crippen LogP contribution in [0.25, 0.3) is 22.5 Å². The molecular formula is C18H19N3. The number of hydrogen-bond donors (Lipinski definition) is 0. The lowest BCUT2D eigenvalue weighted by Gasteiger charge is -2.10. The second-order valence-electron chi connectivity index (χ2n) is 5.57. The van der Waals surface area contributed by atoms with Crippen molar-refractivity contribution in [1.82, 2.24) is 14.8 Å². The Morgan fingerprint density at radius 1 is 0.905 bits per heavy atom. The number of aryl methyl sites for hydroxylation is 1. The van der Waals surface area contributed by atoms with E-state index < -0.39 is 0 Å². The number of aromatic nitrogens is 3. The quantitative estimate of drug-likeness (QED) is 0.705. The maximum absolute atomic E-state index is 4.41. The molecule has 1 aromatic heterocycles. The summed E-state index contributed by atoms with van der Waals surface area (Å²) < 4.78 is 1.95. The van der Waals surface area contributed by atoms with Crippen LogP contribution in [0.15, 0.2) is 54.9 Å². The molecular weight excluding hydrogens is 258 g/mol. The molecule has 0 saturated carbocycles. The fourth-order valence-corrected chi connectivity index (χ4v) is 2.42. The third-order valence-corrected chi connectivity index (χ3v) is 3.57. The molecule has 21 heavy (non-hydrogen) atoms. The molecule has 0 aliphatic rings. The molecule has 3 rings (SSSR count). The summed E-state index contributed by atoms with van der Waals surface area (Å²) >= 11 is 0. The molecule has 0 radical (unpaired) electrons. The standard InChI is InChI=1S/C18H19N3/c1-13(2)21-18(19-12-20-21)17-6-4-5-16(11-17)15-9-7-14(3)8-10-15/h4-13H,1-3H3. The SMILES string of the molecule is Cc1ccc(-c2cccc(-c3ncnn3C(C)C)c2)cc1. The Morgan fingerprint density at radius 3 is 2.33 bits per heavy atom. The first-order chi connectivity index (χ1) is 10.1. The summed E-state index contributed by atoms with van der Waals surface area (Å²) in [6.45, 7) is 6.33. The van der Waals surface area contributed by atoms with Crippen molar-refractivity contribution in [1.29, 1.82) is 0 Å². The fourth-order valence-electron chi connectivity index (χ4n) is 2.42. The topological polar surface area (TPSA) is 30.7 Å². The first kappa shape index (κ1) is 13.6. The predicted molar refractivity (Wildman–Crippen MR) is 86.0 cm³/mol. The average Bonchev–Trinajstić information content (AvgIpc) is 2.98. The van der Waals surface area contributed by atoms with Gasteiger partial charge in [0.1, 0.15) is 6.33 Å². The molecule has 0 unspecified atom stereocenters. The Hall–Kier alpha value is -2.42. The van der Waals surface area contributed by atoms with E-state index in [4.69, 9.17) is 0 Å². The predicted octanol–water partition coefficient (Wildman–Crippen LogP) is 4.50. The lowest BCUT2D eigenvalue weighted by atomic mass is 10.0. The molecule has 0 saturated heterocycles. The lowest BCUT2D eigenvalue weighted by Crippen LogP contribution is -2.05. The summed E-state index contributed by atoms with van der Waals surface area (Å²) in [6, 6.07) is 17.3. The average molecular weight is 277 g/mol. The van der Waals surface area contributed by atoms with Crippen LogP contribution in [0.5, 0.6) is 0 Å². The fraction of sp³-hybridized carbons (Fsp3) is 0.222. The zero-order valence-electron chi connectivity index (χ0n) is 12.6. The van der Waals surface area contributed by atoms with Gasteiger partial charge in [-0.1, -0.05) is 48.0 Å². The summed E-state index contributed by atoms with van der Waals surface area (Å²) in [5, 5.41) is 4.31. The summed E-state index contributed by atoms with van der Waals surface area (Å²) in [6.07, 6.45) is 1.62. The third-order valence-electron chi connectivity index (χ3n) is 3.57. The molecule has 0 amide bonds. The van der Waals surface area contributed by atoms with E-state index in [1.807, 2.05) is 4.68 Å². The van der Waals surface area contributed by atoms with Gasteiger partial charge in [-0.15, -0.1) is 0 Å². The molecule has 0 bridgehead atoms. The molecule has 1 heterocycles. The van der Waals surface area contributed by atoms with Crippen LogP contribution in [0.3, 0.4) is 0 Å². The minimum Gasteiger partial charge on any atom is -0.243 e. The van der Waals surface area contributed by atoms with E-state index in [2.05, 4.69) is 79.4 Å². The maximum atomic E-state index is 4.41. The van der Waals surface area contributed by atoms with E-state index in [0.29, 0.717) is 6.04 Å². The van der Waals surface area contributed by atoms with Crippen LogP contribution < -0.4 is 0 Å². The largest absolute Gasteiger partial charge is 0.243 e. The van der Waals surface area contributed by atoms with E-state index in [1.54, 1.807) is 6.33 Å². The summed E-state index contributed by atoms with van der Waals surface area (Å²) in [5.41, 5.74) is 4.79. The molecule has 0 N–H and O–H groups in total. The highest BCUT2D eigenvalue weighted by atomic mass is 15.3. The van der Waals surface area contributed by atoms with E-state index in [-0.39, 0.29) is 0 Å². The van der Waals surface area contributed by atoms with E-state index in [0.717, 1.165) is 11.4 Å². The molecule has 3 heteroatoms. The third kappa shape index (κ3) is 2.72. The number of benzene rings is 2. The number of hydrogen-bond acceptors (Lipinski definition) is 2. The molecule has 0 atom stereocenters. The lowest BCUT2D eigenvalue weighted by molar-refractivity contribution is 0.537. The molecule has 0 aliphatic carbocycles. The van der Waals surface area contributed by atoms with Gasteiger partial charge in [0.15, 0.2) is 5.82 Å². The van der Waals surface area contributed by atoms with Crippen LogP contribution in [-0.4, -0.2) is 14.8 Å². The van der Waals surface area contributed by atoms with Gasteiger partial charge in [0.05, 0.1) is 0 Å². The Labute approximate surface area is 125 Å². The molecule has 3 aromatic rings. The van der Waals surface area contributed by atoms with Crippen molar-refractivity contribution in [2.75, 3.05) is 0 Å². The van der Waals surface area contributed by atoms with Crippen LogP contribution >= 0.6 is 0 Å². The van der Waals surface area contributed by atoms with Crippen molar-refractivity contribution < 1.29 is 0 Å². The van der Waals surface area contributed by atoms with Gasteiger partial charge in [-0.05, 0) is 38.0 Å². The normalized spacial score (nSPS) is 11.0. The van der Waals surface area contributed by atoms with Crippen molar-refractivity contribution in [2.24, 2.45) is 0 Å². The monoisotopic (exact) mass is 277 g/mol. The van der Waals surface area contributed by atoms with Gasteiger partial charge in [0.25, 0.3) is 0 Å². The Balaban J connectivity index is 2.04. The molecule has 0 spiro atoms. The van der Waals surface area contributed by atoms with Gasteiger partial charge < -0.3 is 0 Å². The van der Waals surface area contributed by atoms with Gasteiger partial charge in [-0.2, -0.15) is 5.10 Å². The van der Waals surface area contributed by atoms with Crippen molar-refractivity contribution in [2.45, 2.75) is 26.8 Å². The van der Waals surface area contributed by atoms with Gasteiger partial charge in [-0.3, -0.25) is 0 Å². The highest BCUT2D eigenvalue weighted by molar-refractivity contribution is 5.70. The zero-order valence-corrected chi connectivity index (χ0v) is 12.6. The molecule has 0 fully saturated rings. The van der Waals surface area contributed by atoms with Gasteiger partial charge in [0, 0.05) is 11.6 Å². The van der Waals surface area contributed by atoms with Gasteiger partial charge in [-0.25, -0.2) is 9.67 Å². The van der Waals surface area contributed by atoms with Crippen molar-refractivity contribution in [3.63, 3.8) is 0 Å². The van der Waals surface area contributed by atoms with Gasteiger partial charge >= 0.3 is 0 Å². The molecule has 0 aliphatic heterocycles. The van der Waals surface area contributed by atoms with Crippen LogP contribution in [0.1, 0.15) is 25.5 Å². The summed E-state index contributed by atoms with van der Waals surface area (Å²) in [7, 11) is 0.